The van der Waals surface area contributed by atoms with E-state index in [4.69, 9.17) is 5.11 Å². The average molecular weight is 256 g/mol. The van der Waals surface area contributed by atoms with Crippen molar-refractivity contribution < 1.29 is 14.7 Å². The fourth-order valence-corrected chi connectivity index (χ4v) is 2.08. The number of aromatic carboxylic acids is 1. The highest BCUT2D eigenvalue weighted by atomic mass is 32.1. The first-order valence-electron chi connectivity index (χ1n) is 5.49. The predicted octanol–water partition coefficient (Wildman–Crippen LogP) is 2.39. The highest BCUT2D eigenvalue weighted by Gasteiger charge is 2.18. The number of nitrogens with zero attached hydrogens (tertiary/aromatic N) is 1. The summed E-state index contributed by atoms with van der Waals surface area (Å²) in [6.07, 6.45) is 1.43. The van der Waals surface area contributed by atoms with Crippen LogP contribution in [-0.2, 0) is 11.2 Å². The fourth-order valence-electron chi connectivity index (χ4n) is 1.23. The highest BCUT2D eigenvalue weighted by molar-refractivity contribution is 7.17. The van der Waals surface area contributed by atoms with E-state index in [1.54, 1.807) is 13.8 Å². The molecule has 1 heterocycles. The molecule has 0 unspecified atom stereocenters. The third-order valence-electron chi connectivity index (χ3n) is 2.13. The molecule has 6 heteroatoms. The van der Waals surface area contributed by atoms with Gasteiger partial charge in [0.15, 0.2) is 5.13 Å². The van der Waals surface area contributed by atoms with Gasteiger partial charge in [-0.15, -0.1) is 0 Å². The number of thiazole rings is 1. The molecule has 0 fully saturated rings. The Kier molecular flexibility index (Phi) is 4.62. The van der Waals surface area contributed by atoms with Crippen LogP contribution >= 0.6 is 11.3 Å². The summed E-state index contributed by atoms with van der Waals surface area (Å²) in [6.45, 7) is 5.50. The van der Waals surface area contributed by atoms with Gasteiger partial charge in [-0.2, -0.15) is 0 Å². The standard InChI is InChI=1S/C11H16N2O3S/c1-4-5-7-8(10(15)16)17-11(12-7)13-9(14)6(2)3/h6H,4-5H2,1-3H3,(H,15,16)(H,12,13,14). The molecule has 0 aliphatic rings. The van der Waals surface area contributed by atoms with Crippen LogP contribution in [0.3, 0.4) is 0 Å². The number of aromatic nitrogens is 1. The van der Waals surface area contributed by atoms with Crippen molar-refractivity contribution in [2.45, 2.75) is 33.6 Å². The topological polar surface area (TPSA) is 79.3 Å². The van der Waals surface area contributed by atoms with Crippen LogP contribution in [0.1, 0.15) is 42.6 Å². The molecule has 0 radical (unpaired) electrons. The van der Waals surface area contributed by atoms with Crippen molar-refractivity contribution in [2.75, 3.05) is 5.32 Å². The van der Waals surface area contributed by atoms with Crippen molar-refractivity contribution in [3.63, 3.8) is 0 Å². The van der Waals surface area contributed by atoms with Gasteiger partial charge >= 0.3 is 5.97 Å². The number of carbonyl (C=O) groups is 2. The molecule has 1 rings (SSSR count). The number of nitrogens with one attached hydrogen (secondary N) is 1. The average Bonchev–Trinajstić information content (AvgIpc) is 2.61. The van der Waals surface area contributed by atoms with E-state index in [2.05, 4.69) is 10.3 Å². The maximum Gasteiger partial charge on any atom is 0.347 e. The Bertz CT molecular complexity index is 426. The second kappa shape index (κ2) is 5.77. The first-order chi connectivity index (χ1) is 7.95. The molecule has 5 nitrogen and oxygen atoms in total. The third kappa shape index (κ3) is 3.52. The van der Waals surface area contributed by atoms with Crippen molar-refractivity contribution in [1.82, 2.24) is 4.98 Å². The Morgan fingerprint density at radius 2 is 2.12 bits per heavy atom. The van der Waals surface area contributed by atoms with E-state index in [1.807, 2.05) is 6.92 Å². The SMILES string of the molecule is CCCc1nc(NC(=O)C(C)C)sc1C(=O)O. The molecule has 1 aromatic heterocycles. The summed E-state index contributed by atoms with van der Waals surface area (Å²) in [5, 5.41) is 12.0. The zero-order valence-electron chi connectivity index (χ0n) is 10.1. The second-order valence-electron chi connectivity index (χ2n) is 3.99. The number of carboxylic acid groups (broad SMARTS) is 1. The zero-order valence-corrected chi connectivity index (χ0v) is 10.9. The smallest absolute Gasteiger partial charge is 0.347 e. The maximum absolute atomic E-state index is 11.5. The molecular weight excluding hydrogens is 240 g/mol. The molecule has 1 amide bonds. The molecule has 0 saturated carbocycles. The molecule has 0 aromatic carbocycles. The van der Waals surface area contributed by atoms with Gasteiger partial charge < -0.3 is 10.4 Å². The van der Waals surface area contributed by atoms with Crippen molar-refractivity contribution in [3.8, 4) is 0 Å². The van der Waals surface area contributed by atoms with Crippen LogP contribution in [0.25, 0.3) is 0 Å². The summed E-state index contributed by atoms with van der Waals surface area (Å²) in [5.74, 6) is -1.29. The summed E-state index contributed by atoms with van der Waals surface area (Å²) in [7, 11) is 0. The lowest BCUT2D eigenvalue weighted by Crippen LogP contribution is -2.17. The number of hydrogen-bond donors (Lipinski definition) is 2. The molecule has 0 spiro atoms. The lowest BCUT2D eigenvalue weighted by molar-refractivity contribution is -0.118. The van der Waals surface area contributed by atoms with E-state index >= 15 is 0 Å². The third-order valence-corrected chi connectivity index (χ3v) is 3.13. The van der Waals surface area contributed by atoms with Crippen LogP contribution in [0.15, 0.2) is 0 Å². The van der Waals surface area contributed by atoms with Crippen LogP contribution in [0.5, 0.6) is 0 Å². The van der Waals surface area contributed by atoms with Gasteiger partial charge in [0, 0.05) is 5.92 Å². The molecule has 0 atom stereocenters. The minimum Gasteiger partial charge on any atom is -0.477 e. The first kappa shape index (κ1) is 13.6. The van der Waals surface area contributed by atoms with Crippen LogP contribution in [-0.4, -0.2) is 22.0 Å². The van der Waals surface area contributed by atoms with Crippen molar-refractivity contribution >= 4 is 28.3 Å². The molecule has 0 aliphatic carbocycles. The van der Waals surface area contributed by atoms with E-state index in [0.29, 0.717) is 17.2 Å². The number of carboxylic acids is 1. The van der Waals surface area contributed by atoms with E-state index in [1.165, 1.54) is 0 Å². The van der Waals surface area contributed by atoms with Gasteiger partial charge in [-0.25, -0.2) is 9.78 Å². The van der Waals surface area contributed by atoms with E-state index in [9.17, 15) is 9.59 Å². The zero-order chi connectivity index (χ0) is 13.0. The van der Waals surface area contributed by atoms with Gasteiger partial charge in [-0.1, -0.05) is 38.5 Å². The number of hydrogen-bond acceptors (Lipinski definition) is 4. The monoisotopic (exact) mass is 256 g/mol. The van der Waals surface area contributed by atoms with Crippen LogP contribution < -0.4 is 5.32 Å². The predicted molar refractivity (Wildman–Crippen MR) is 66.5 cm³/mol. The maximum atomic E-state index is 11.5. The van der Waals surface area contributed by atoms with E-state index < -0.39 is 5.97 Å². The van der Waals surface area contributed by atoms with Crippen molar-refractivity contribution in [2.24, 2.45) is 5.92 Å². The molecule has 2 N–H and O–H groups in total. The number of rotatable bonds is 5. The normalized spacial score (nSPS) is 10.6. The number of aryl methyl sites for hydroxylation is 1. The number of amides is 1. The summed E-state index contributed by atoms with van der Waals surface area (Å²) < 4.78 is 0. The van der Waals surface area contributed by atoms with Gasteiger partial charge in [-0.3, -0.25) is 4.79 Å². The Balaban J connectivity index is 2.91. The summed E-state index contributed by atoms with van der Waals surface area (Å²) in [5.41, 5.74) is 0.545. The minimum atomic E-state index is -0.990. The lowest BCUT2D eigenvalue weighted by Gasteiger charge is -2.02. The molecule has 0 saturated heterocycles. The van der Waals surface area contributed by atoms with Gasteiger partial charge in [0.1, 0.15) is 4.88 Å². The summed E-state index contributed by atoms with van der Waals surface area (Å²) in [6, 6.07) is 0. The fraction of sp³-hybridized carbons (Fsp3) is 0.545. The molecule has 94 valence electrons. The Labute approximate surface area is 104 Å². The van der Waals surface area contributed by atoms with E-state index in [-0.39, 0.29) is 16.7 Å². The Morgan fingerprint density at radius 1 is 1.47 bits per heavy atom. The van der Waals surface area contributed by atoms with Crippen LogP contribution in [0, 0.1) is 5.92 Å². The minimum absolute atomic E-state index is 0.151. The summed E-state index contributed by atoms with van der Waals surface area (Å²) >= 11 is 1.01. The van der Waals surface area contributed by atoms with Crippen LogP contribution in [0.4, 0.5) is 5.13 Å². The van der Waals surface area contributed by atoms with Gasteiger partial charge in [0.2, 0.25) is 5.91 Å². The van der Waals surface area contributed by atoms with Gasteiger partial charge in [-0.05, 0) is 6.42 Å². The van der Waals surface area contributed by atoms with Crippen LogP contribution in [0.2, 0.25) is 0 Å². The Hall–Kier alpha value is -1.43. The van der Waals surface area contributed by atoms with Gasteiger partial charge in [0.05, 0.1) is 5.69 Å². The molecule has 0 aliphatic heterocycles. The van der Waals surface area contributed by atoms with Crippen molar-refractivity contribution in [1.29, 1.82) is 0 Å². The number of carbonyl (C=O) groups excluding carboxylic acids is 1. The molecular formula is C11H16N2O3S. The van der Waals surface area contributed by atoms with Crippen molar-refractivity contribution in [3.05, 3.63) is 10.6 Å². The quantitative estimate of drug-likeness (QED) is 0.847. The van der Waals surface area contributed by atoms with E-state index in [0.717, 1.165) is 17.8 Å². The number of anilines is 1. The molecule has 17 heavy (non-hydrogen) atoms. The summed E-state index contributed by atoms with van der Waals surface area (Å²) in [4.78, 5) is 26.8. The molecule has 0 bridgehead atoms. The Morgan fingerprint density at radius 3 is 2.59 bits per heavy atom. The van der Waals surface area contributed by atoms with Gasteiger partial charge in [0.25, 0.3) is 0 Å². The highest BCUT2D eigenvalue weighted by Crippen LogP contribution is 2.24. The largest absolute Gasteiger partial charge is 0.477 e. The first-order valence-corrected chi connectivity index (χ1v) is 6.31. The lowest BCUT2D eigenvalue weighted by atomic mass is 10.2. The second-order valence-corrected chi connectivity index (χ2v) is 4.99. The molecule has 1 aromatic rings.